The molecule has 1 amide bonds. The number of amides is 1. The molecule has 0 aliphatic heterocycles. The zero-order valence-electron chi connectivity index (χ0n) is 15.2. The Morgan fingerprint density at radius 2 is 1.79 bits per heavy atom. The minimum Gasteiger partial charge on any atom is -0.344 e. The summed E-state index contributed by atoms with van der Waals surface area (Å²) in [5.41, 5.74) is 2.94. The molecule has 0 saturated heterocycles. The van der Waals surface area contributed by atoms with Gasteiger partial charge in [-0.3, -0.25) is 4.79 Å². The van der Waals surface area contributed by atoms with E-state index in [1.165, 1.54) is 18.2 Å². The van der Waals surface area contributed by atoms with Crippen LogP contribution in [0.15, 0.2) is 42.5 Å². The van der Waals surface area contributed by atoms with E-state index >= 15 is 0 Å². The minimum atomic E-state index is -0.713. The van der Waals surface area contributed by atoms with Gasteiger partial charge in [0.15, 0.2) is 5.69 Å². The smallest absolute Gasteiger partial charge is 0.272 e. The predicted molar refractivity (Wildman–Crippen MR) is 97.8 cm³/mol. The van der Waals surface area contributed by atoms with Crippen LogP contribution < -0.4 is 5.32 Å². The fourth-order valence-corrected chi connectivity index (χ4v) is 3.61. The Morgan fingerprint density at radius 3 is 2.50 bits per heavy atom. The fourth-order valence-electron chi connectivity index (χ4n) is 3.61. The Balaban J connectivity index is 1.63. The number of aromatic nitrogens is 2. The van der Waals surface area contributed by atoms with Crippen LogP contribution >= 0.6 is 0 Å². The molecule has 1 atom stereocenters. The number of hydrogen-bond acceptors (Lipinski definition) is 2. The van der Waals surface area contributed by atoms with Gasteiger partial charge in [0.1, 0.15) is 17.5 Å². The monoisotopic (exact) mass is 385 g/mol. The van der Waals surface area contributed by atoms with Crippen LogP contribution in [0.1, 0.15) is 46.7 Å². The highest BCUT2D eigenvalue weighted by molar-refractivity contribution is 5.94. The predicted octanol–water partition coefficient (Wildman–Crippen LogP) is 4.27. The average Bonchev–Trinajstić information content (AvgIpc) is 3.25. The van der Waals surface area contributed by atoms with E-state index in [0.29, 0.717) is 5.69 Å². The lowest BCUT2D eigenvalue weighted by atomic mass is 10.1. The highest BCUT2D eigenvalue weighted by Crippen LogP contribution is 2.28. The molecular formula is C21H18F3N3O. The molecule has 144 valence electrons. The second-order valence-electron chi connectivity index (χ2n) is 6.88. The largest absolute Gasteiger partial charge is 0.344 e. The van der Waals surface area contributed by atoms with Crippen LogP contribution in [0.2, 0.25) is 0 Å². The number of carbonyl (C=O) groups excluding carboxylic acids is 1. The average molecular weight is 385 g/mol. The summed E-state index contributed by atoms with van der Waals surface area (Å²) < 4.78 is 42.0. The van der Waals surface area contributed by atoms with E-state index in [0.717, 1.165) is 42.7 Å². The molecule has 7 heteroatoms. The maximum atomic E-state index is 14.0. The first kappa shape index (κ1) is 18.3. The molecule has 1 aliphatic rings. The van der Waals surface area contributed by atoms with Gasteiger partial charge in [0.2, 0.25) is 0 Å². The molecule has 2 aromatic carbocycles. The lowest BCUT2D eigenvalue weighted by molar-refractivity contribution is 0.0933. The van der Waals surface area contributed by atoms with E-state index in [1.54, 1.807) is 23.7 Å². The summed E-state index contributed by atoms with van der Waals surface area (Å²) in [6, 6.07) is 8.52. The number of halogens is 3. The van der Waals surface area contributed by atoms with Gasteiger partial charge < -0.3 is 5.32 Å². The lowest BCUT2D eigenvalue weighted by Crippen LogP contribution is -2.28. The third-order valence-corrected chi connectivity index (χ3v) is 4.99. The van der Waals surface area contributed by atoms with Gasteiger partial charge in [-0.2, -0.15) is 5.10 Å². The van der Waals surface area contributed by atoms with Crippen molar-refractivity contribution in [3.8, 4) is 5.69 Å². The molecule has 1 aliphatic carbocycles. The standard InChI is InChI=1S/C21H18F3N3O/c1-12(16-10-7-14(23)11-18(16)24)25-21(28)20-17-3-2-4-19(17)27(26-20)15-8-5-13(22)6-9-15/h5-12H,2-4H2,1H3,(H,25,28). The second-order valence-corrected chi connectivity index (χ2v) is 6.88. The van der Waals surface area contributed by atoms with E-state index in [2.05, 4.69) is 10.4 Å². The molecule has 0 radical (unpaired) electrons. The zero-order valence-corrected chi connectivity index (χ0v) is 15.2. The third-order valence-electron chi connectivity index (χ3n) is 4.99. The molecule has 0 saturated carbocycles. The first-order valence-electron chi connectivity index (χ1n) is 9.06. The van der Waals surface area contributed by atoms with Gasteiger partial charge >= 0.3 is 0 Å². The second kappa shape index (κ2) is 7.14. The van der Waals surface area contributed by atoms with Gasteiger partial charge in [-0.15, -0.1) is 0 Å². The van der Waals surface area contributed by atoms with Crippen molar-refractivity contribution in [3.63, 3.8) is 0 Å². The number of nitrogens with zero attached hydrogens (tertiary/aromatic N) is 2. The summed E-state index contributed by atoms with van der Waals surface area (Å²) in [5.74, 6) is -2.15. The first-order valence-corrected chi connectivity index (χ1v) is 9.06. The molecule has 1 heterocycles. The third kappa shape index (κ3) is 3.28. The first-order chi connectivity index (χ1) is 13.4. The van der Waals surface area contributed by atoms with Gasteiger partial charge in [-0.05, 0) is 56.5 Å². The Bertz CT molecular complexity index is 1040. The lowest BCUT2D eigenvalue weighted by Gasteiger charge is -2.14. The number of rotatable bonds is 4. The molecule has 0 bridgehead atoms. The van der Waals surface area contributed by atoms with Crippen LogP contribution in [0.25, 0.3) is 5.69 Å². The van der Waals surface area contributed by atoms with Crippen molar-refractivity contribution in [2.24, 2.45) is 0 Å². The number of hydrogen-bond donors (Lipinski definition) is 1. The molecule has 4 rings (SSSR count). The summed E-state index contributed by atoms with van der Waals surface area (Å²) >= 11 is 0. The van der Waals surface area contributed by atoms with E-state index in [4.69, 9.17) is 0 Å². The maximum Gasteiger partial charge on any atom is 0.272 e. The Hall–Kier alpha value is -3.09. The van der Waals surface area contributed by atoms with Gasteiger partial charge in [0, 0.05) is 22.9 Å². The molecule has 1 N–H and O–H groups in total. The minimum absolute atomic E-state index is 0.198. The van der Waals surface area contributed by atoms with Crippen LogP contribution in [0, 0.1) is 17.5 Å². The SMILES string of the molecule is CC(NC(=O)c1nn(-c2ccc(F)cc2)c2c1CCC2)c1ccc(F)cc1F. The van der Waals surface area contributed by atoms with Crippen LogP contribution in [0.5, 0.6) is 0 Å². The van der Waals surface area contributed by atoms with Gasteiger partial charge in [-0.25, -0.2) is 17.9 Å². The zero-order chi connectivity index (χ0) is 19.8. The maximum absolute atomic E-state index is 14.0. The van der Waals surface area contributed by atoms with Crippen molar-refractivity contribution < 1.29 is 18.0 Å². The number of fused-ring (bicyclic) bond motifs is 1. The summed E-state index contributed by atoms with van der Waals surface area (Å²) in [4.78, 5) is 12.8. The quantitative estimate of drug-likeness (QED) is 0.729. The summed E-state index contributed by atoms with van der Waals surface area (Å²) in [7, 11) is 0. The van der Waals surface area contributed by atoms with Crippen molar-refractivity contribution >= 4 is 5.91 Å². The Labute approximate surface area is 160 Å². The number of benzene rings is 2. The molecule has 0 spiro atoms. The van der Waals surface area contributed by atoms with Crippen LogP contribution in [-0.2, 0) is 12.8 Å². The van der Waals surface area contributed by atoms with Crippen molar-refractivity contribution in [3.05, 3.63) is 82.4 Å². The van der Waals surface area contributed by atoms with E-state index in [1.807, 2.05) is 0 Å². The van der Waals surface area contributed by atoms with Crippen molar-refractivity contribution in [2.75, 3.05) is 0 Å². The fraction of sp³-hybridized carbons (Fsp3) is 0.238. The Kier molecular flexibility index (Phi) is 4.66. The molecule has 0 fully saturated rings. The van der Waals surface area contributed by atoms with Crippen molar-refractivity contribution in [1.29, 1.82) is 0 Å². The van der Waals surface area contributed by atoms with Crippen molar-refractivity contribution in [1.82, 2.24) is 15.1 Å². The van der Waals surface area contributed by atoms with Crippen LogP contribution in [0.4, 0.5) is 13.2 Å². The summed E-state index contributed by atoms with van der Waals surface area (Å²) in [6.07, 6.45) is 2.39. The van der Waals surface area contributed by atoms with Crippen LogP contribution in [0.3, 0.4) is 0 Å². The molecular weight excluding hydrogens is 367 g/mol. The topological polar surface area (TPSA) is 46.9 Å². The van der Waals surface area contributed by atoms with Crippen LogP contribution in [-0.4, -0.2) is 15.7 Å². The number of nitrogens with one attached hydrogen (secondary N) is 1. The van der Waals surface area contributed by atoms with E-state index in [-0.39, 0.29) is 17.1 Å². The molecule has 1 unspecified atom stereocenters. The van der Waals surface area contributed by atoms with E-state index < -0.39 is 23.6 Å². The van der Waals surface area contributed by atoms with Gasteiger partial charge in [0.05, 0.1) is 11.7 Å². The molecule has 3 aromatic rings. The number of carbonyl (C=O) groups is 1. The Morgan fingerprint density at radius 1 is 1.07 bits per heavy atom. The summed E-state index contributed by atoms with van der Waals surface area (Å²) in [6.45, 7) is 1.63. The molecule has 4 nitrogen and oxygen atoms in total. The van der Waals surface area contributed by atoms with Gasteiger partial charge in [0.25, 0.3) is 5.91 Å². The molecule has 28 heavy (non-hydrogen) atoms. The highest BCUT2D eigenvalue weighted by atomic mass is 19.1. The summed E-state index contributed by atoms with van der Waals surface area (Å²) in [5, 5.41) is 7.18. The normalized spacial score (nSPS) is 14.0. The molecule has 1 aromatic heterocycles. The van der Waals surface area contributed by atoms with Crippen molar-refractivity contribution in [2.45, 2.75) is 32.2 Å². The van der Waals surface area contributed by atoms with Gasteiger partial charge in [-0.1, -0.05) is 6.07 Å². The highest BCUT2D eigenvalue weighted by Gasteiger charge is 2.28. The van der Waals surface area contributed by atoms with E-state index in [9.17, 15) is 18.0 Å².